The van der Waals surface area contributed by atoms with Crippen LogP contribution in [0.5, 0.6) is 0 Å². The van der Waals surface area contributed by atoms with E-state index in [4.69, 9.17) is 4.98 Å². The number of aliphatic hydroxyl groups is 1. The van der Waals surface area contributed by atoms with Crippen molar-refractivity contribution in [3.05, 3.63) is 47.0 Å². The lowest BCUT2D eigenvalue weighted by Crippen LogP contribution is -2.30. The van der Waals surface area contributed by atoms with E-state index in [1.807, 2.05) is 12.1 Å². The highest BCUT2D eigenvalue weighted by Gasteiger charge is 2.26. The molecular weight excluding hydrogens is 288 g/mol. The molecule has 0 spiro atoms. The average molecular weight is 314 g/mol. The van der Waals surface area contributed by atoms with Gasteiger partial charge in [-0.1, -0.05) is 38.1 Å². The monoisotopic (exact) mass is 314 g/mol. The van der Waals surface area contributed by atoms with Crippen molar-refractivity contribution in [2.45, 2.75) is 64.8 Å². The molecule has 124 valence electrons. The van der Waals surface area contributed by atoms with Crippen LogP contribution in [-0.4, -0.2) is 19.9 Å². The van der Waals surface area contributed by atoms with E-state index in [0.29, 0.717) is 5.92 Å². The molecule has 0 saturated heterocycles. The number of aryl methyl sites for hydroxylation is 1. The zero-order valence-corrected chi connectivity index (χ0v) is 14.2. The fraction of sp³-hybridized carbons (Fsp3) is 0.556. The van der Waals surface area contributed by atoms with Gasteiger partial charge in [0, 0.05) is 18.5 Å². The number of hydrogen-bond donors (Lipinski definition) is 2. The summed E-state index contributed by atoms with van der Waals surface area (Å²) in [7, 11) is 0. The number of aromatic nitrogens is 3. The fourth-order valence-corrected chi connectivity index (χ4v) is 3.13. The Morgan fingerprint density at radius 2 is 2.17 bits per heavy atom. The first-order valence-corrected chi connectivity index (χ1v) is 8.49. The Morgan fingerprint density at radius 1 is 1.35 bits per heavy atom. The van der Waals surface area contributed by atoms with Crippen LogP contribution in [0.15, 0.2) is 24.3 Å². The standard InChI is InChI=1S/C18H26N4O/c1-12(2)17-20-18-16(8-5-9-22(18)21-17)19-13(3)15-7-4-6-14(10-15)11-23/h4,6-7,10,12-13,16,19,23H,5,8-9,11H2,1-3H3. The summed E-state index contributed by atoms with van der Waals surface area (Å²) in [6, 6.07) is 8.55. The third kappa shape index (κ3) is 3.46. The van der Waals surface area contributed by atoms with Crippen LogP contribution < -0.4 is 5.32 Å². The van der Waals surface area contributed by atoms with Crippen molar-refractivity contribution >= 4 is 0 Å². The molecule has 3 rings (SSSR count). The number of nitrogens with one attached hydrogen (secondary N) is 1. The van der Waals surface area contributed by atoms with Crippen molar-refractivity contribution in [1.29, 1.82) is 0 Å². The fourth-order valence-electron chi connectivity index (χ4n) is 3.13. The summed E-state index contributed by atoms with van der Waals surface area (Å²) in [5, 5.41) is 17.6. The number of hydrogen-bond acceptors (Lipinski definition) is 4. The third-order valence-corrected chi connectivity index (χ3v) is 4.49. The first kappa shape index (κ1) is 16.1. The normalized spacial score (nSPS) is 18.9. The number of benzene rings is 1. The van der Waals surface area contributed by atoms with E-state index in [2.05, 4.69) is 48.0 Å². The number of aliphatic hydroxyl groups excluding tert-OH is 1. The molecule has 0 fully saturated rings. The summed E-state index contributed by atoms with van der Waals surface area (Å²) >= 11 is 0. The molecule has 0 radical (unpaired) electrons. The van der Waals surface area contributed by atoms with Crippen molar-refractivity contribution in [3.63, 3.8) is 0 Å². The third-order valence-electron chi connectivity index (χ3n) is 4.49. The lowest BCUT2D eigenvalue weighted by Gasteiger charge is -2.27. The van der Waals surface area contributed by atoms with E-state index in [1.54, 1.807) is 0 Å². The van der Waals surface area contributed by atoms with Crippen LogP contribution in [0.3, 0.4) is 0 Å². The maximum atomic E-state index is 9.31. The molecule has 23 heavy (non-hydrogen) atoms. The molecule has 5 nitrogen and oxygen atoms in total. The van der Waals surface area contributed by atoms with Gasteiger partial charge in [-0.05, 0) is 30.9 Å². The van der Waals surface area contributed by atoms with E-state index in [0.717, 1.165) is 36.6 Å². The highest BCUT2D eigenvalue weighted by molar-refractivity contribution is 5.25. The average Bonchev–Trinajstić information content (AvgIpc) is 3.00. The summed E-state index contributed by atoms with van der Waals surface area (Å²) in [5.41, 5.74) is 2.14. The van der Waals surface area contributed by atoms with Crippen molar-refractivity contribution < 1.29 is 5.11 Å². The molecule has 2 heterocycles. The number of fused-ring (bicyclic) bond motifs is 1. The predicted molar refractivity (Wildman–Crippen MR) is 90.0 cm³/mol. The summed E-state index contributed by atoms with van der Waals surface area (Å²) < 4.78 is 2.06. The van der Waals surface area contributed by atoms with E-state index >= 15 is 0 Å². The Kier molecular flexibility index (Phi) is 4.78. The summed E-state index contributed by atoms with van der Waals surface area (Å²) in [6.07, 6.45) is 2.20. The van der Waals surface area contributed by atoms with Crippen LogP contribution >= 0.6 is 0 Å². The second-order valence-electron chi connectivity index (χ2n) is 6.69. The van der Waals surface area contributed by atoms with Gasteiger partial charge in [-0.3, -0.25) is 0 Å². The van der Waals surface area contributed by atoms with Crippen molar-refractivity contribution in [2.24, 2.45) is 0 Å². The maximum Gasteiger partial charge on any atom is 0.153 e. The van der Waals surface area contributed by atoms with Gasteiger partial charge in [0.2, 0.25) is 0 Å². The van der Waals surface area contributed by atoms with E-state index in [-0.39, 0.29) is 18.7 Å². The van der Waals surface area contributed by atoms with Gasteiger partial charge >= 0.3 is 0 Å². The van der Waals surface area contributed by atoms with Gasteiger partial charge in [0.15, 0.2) is 5.82 Å². The van der Waals surface area contributed by atoms with Gasteiger partial charge in [-0.2, -0.15) is 5.10 Å². The molecule has 0 saturated carbocycles. The minimum atomic E-state index is 0.0794. The van der Waals surface area contributed by atoms with Gasteiger partial charge in [0.05, 0.1) is 12.6 Å². The second kappa shape index (κ2) is 6.81. The lowest BCUT2D eigenvalue weighted by molar-refractivity contribution is 0.281. The Bertz CT molecular complexity index is 665. The van der Waals surface area contributed by atoms with Crippen molar-refractivity contribution in [1.82, 2.24) is 20.1 Å². The maximum absolute atomic E-state index is 9.31. The summed E-state index contributed by atoms with van der Waals surface area (Å²) in [5.74, 6) is 2.35. The smallest absolute Gasteiger partial charge is 0.153 e. The van der Waals surface area contributed by atoms with Crippen LogP contribution in [0, 0.1) is 0 Å². The molecule has 0 amide bonds. The van der Waals surface area contributed by atoms with E-state index in [9.17, 15) is 5.11 Å². The van der Waals surface area contributed by atoms with E-state index in [1.165, 1.54) is 5.56 Å². The molecule has 0 aliphatic carbocycles. The van der Waals surface area contributed by atoms with Crippen LogP contribution in [0.25, 0.3) is 0 Å². The Hall–Kier alpha value is -1.72. The van der Waals surface area contributed by atoms with Gasteiger partial charge in [-0.25, -0.2) is 9.67 Å². The van der Waals surface area contributed by atoms with Crippen LogP contribution in [0.4, 0.5) is 0 Å². The molecule has 2 unspecified atom stereocenters. The van der Waals surface area contributed by atoms with Gasteiger partial charge in [-0.15, -0.1) is 0 Å². The van der Waals surface area contributed by atoms with Crippen LogP contribution in [0.2, 0.25) is 0 Å². The van der Waals surface area contributed by atoms with Crippen LogP contribution in [-0.2, 0) is 13.2 Å². The molecule has 2 N–H and O–H groups in total. The number of nitrogens with zero attached hydrogens (tertiary/aromatic N) is 3. The molecular formula is C18H26N4O. The second-order valence-corrected chi connectivity index (χ2v) is 6.69. The van der Waals surface area contributed by atoms with Gasteiger partial charge < -0.3 is 10.4 Å². The van der Waals surface area contributed by atoms with Crippen LogP contribution in [0.1, 0.15) is 74.4 Å². The first-order valence-electron chi connectivity index (χ1n) is 8.49. The highest BCUT2D eigenvalue weighted by Crippen LogP contribution is 2.28. The minimum absolute atomic E-state index is 0.0794. The molecule has 1 aromatic heterocycles. The molecule has 1 aliphatic heterocycles. The predicted octanol–water partition coefficient (Wildman–Crippen LogP) is 3.08. The Labute approximate surface area is 137 Å². The largest absolute Gasteiger partial charge is 0.392 e. The lowest BCUT2D eigenvalue weighted by atomic mass is 10.0. The minimum Gasteiger partial charge on any atom is -0.392 e. The Balaban J connectivity index is 1.78. The van der Waals surface area contributed by atoms with Gasteiger partial charge in [0.1, 0.15) is 5.82 Å². The topological polar surface area (TPSA) is 63.0 Å². The zero-order valence-electron chi connectivity index (χ0n) is 14.2. The SMILES string of the molecule is CC(C)c1nc2n(n1)CCCC2NC(C)c1cccc(CO)c1. The summed E-state index contributed by atoms with van der Waals surface area (Å²) in [4.78, 5) is 4.76. The van der Waals surface area contributed by atoms with E-state index < -0.39 is 0 Å². The van der Waals surface area contributed by atoms with Crippen molar-refractivity contribution in [2.75, 3.05) is 0 Å². The van der Waals surface area contributed by atoms with Gasteiger partial charge in [0.25, 0.3) is 0 Å². The molecule has 2 atom stereocenters. The molecule has 5 heteroatoms. The molecule has 1 aromatic carbocycles. The number of rotatable bonds is 5. The highest BCUT2D eigenvalue weighted by atomic mass is 16.3. The summed E-state index contributed by atoms with van der Waals surface area (Å²) in [6.45, 7) is 7.46. The molecule has 2 aromatic rings. The first-order chi connectivity index (χ1) is 11.1. The Morgan fingerprint density at radius 3 is 2.91 bits per heavy atom. The quantitative estimate of drug-likeness (QED) is 0.890. The molecule has 0 bridgehead atoms. The van der Waals surface area contributed by atoms with Crippen molar-refractivity contribution in [3.8, 4) is 0 Å². The zero-order chi connectivity index (χ0) is 16.4. The molecule has 1 aliphatic rings.